The van der Waals surface area contributed by atoms with Crippen molar-refractivity contribution in [2.75, 3.05) is 32.9 Å². The molecule has 0 bridgehead atoms. The number of nitrogens with one attached hydrogen (secondary N) is 1. The molecule has 0 aliphatic carbocycles. The van der Waals surface area contributed by atoms with Crippen LogP contribution in [0.5, 0.6) is 0 Å². The molecular weight excluding hydrogens is 384 g/mol. The molecule has 1 aromatic carbocycles. The molecule has 0 atom stereocenters. The van der Waals surface area contributed by atoms with Crippen molar-refractivity contribution in [3.63, 3.8) is 0 Å². The maximum absolute atomic E-state index is 13.2. The first kappa shape index (κ1) is 21.2. The molecule has 0 unspecified atom stereocenters. The minimum absolute atomic E-state index is 0.0435. The highest BCUT2D eigenvalue weighted by Crippen LogP contribution is 2.35. The van der Waals surface area contributed by atoms with Crippen LogP contribution in [0, 0.1) is 5.92 Å². The molecular formula is C19H28N2O6S. The van der Waals surface area contributed by atoms with E-state index < -0.39 is 20.7 Å². The second kappa shape index (κ2) is 9.32. The average Bonchev–Trinajstić information content (AvgIpc) is 2.74. The number of benzene rings is 1. The van der Waals surface area contributed by atoms with E-state index in [1.54, 1.807) is 5.48 Å². The van der Waals surface area contributed by atoms with Crippen molar-refractivity contribution in [3.8, 4) is 0 Å². The van der Waals surface area contributed by atoms with Crippen molar-refractivity contribution in [2.45, 2.75) is 37.0 Å². The molecule has 1 amide bonds. The number of hydroxylamine groups is 1. The van der Waals surface area contributed by atoms with Gasteiger partial charge in [-0.05, 0) is 24.3 Å². The zero-order valence-electron chi connectivity index (χ0n) is 15.9. The van der Waals surface area contributed by atoms with Gasteiger partial charge in [-0.25, -0.2) is 18.2 Å². The number of sulfonamides is 1. The van der Waals surface area contributed by atoms with Crippen LogP contribution in [0.4, 0.5) is 0 Å². The van der Waals surface area contributed by atoms with Gasteiger partial charge in [0.15, 0.2) is 4.75 Å². The first-order valence-electron chi connectivity index (χ1n) is 9.63. The number of piperidine rings is 1. The van der Waals surface area contributed by atoms with E-state index in [9.17, 15) is 13.2 Å². The Morgan fingerprint density at radius 1 is 1.21 bits per heavy atom. The van der Waals surface area contributed by atoms with Crippen LogP contribution in [-0.2, 0) is 30.9 Å². The Morgan fingerprint density at radius 3 is 2.46 bits per heavy atom. The predicted octanol–water partition coefficient (Wildman–Crippen LogP) is 1.30. The van der Waals surface area contributed by atoms with Gasteiger partial charge in [-0.1, -0.05) is 30.3 Å². The summed E-state index contributed by atoms with van der Waals surface area (Å²) in [4.78, 5) is 12.3. The van der Waals surface area contributed by atoms with Gasteiger partial charge in [-0.15, -0.1) is 0 Å². The Balaban J connectivity index is 1.56. The fourth-order valence-corrected chi connectivity index (χ4v) is 6.03. The minimum Gasteiger partial charge on any atom is -0.381 e. The van der Waals surface area contributed by atoms with E-state index in [1.807, 2.05) is 30.3 Å². The Hall–Kier alpha value is -1.52. The van der Waals surface area contributed by atoms with Crippen molar-refractivity contribution in [2.24, 2.45) is 5.92 Å². The molecule has 0 spiro atoms. The summed E-state index contributed by atoms with van der Waals surface area (Å²) >= 11 is 0. The smallest absolute Gasteiger partial charge is 0.266 e. The topological polar surface area (TPSA) is 105 Å². The third-order valence-corrected chi connectivity index (χ3v) is 8.31. The summed E-state index contributed by atoms with van der Waals surface area (Å²) in [6.07, 6.45) is 1.45. The summed E-state index contributed by atoms with van der Waals surface area (Å²) in [5, 5.41) is 9.11. The summed E-state index contributed by atoms with van der Waals surface area (Å²) in [5.41, 5.74) is 2.66. The Kier molecular flexibility index (Phi) is 7.05. The van der Waals surface area contributed by atoms with Crippen LogP contribution in [0.25, 0.3) is 0 Å². The Bertz CT molecular complexity index is 741. The van der Waals surface area contributed by atoms with E-state index >= 15 is 0 Å². The lowest BCUT2D eigenvalue weighted by molar-refractivity contribution is -0.134. The van der Waals surface area contributed by atoms with Gasteiger partial charge in [0.25, 0.3) is 5.91 Å². The van der Waals surface area contributed by atoms with Crippen molar-refractivity contribution in [1.29, 1.82) is 0 Å². The van der Waals surface area contributed by atoms with E-state index in [0.717, 1.165) is 5.56 Å². The largest absolute Gasteiger partial charge is 0.381 e. The van der Waals surface area contributed by atoms with Gasteiger partial charge in [0, 0.05) is 45.8 Å². The summed E-state index contributed by atoms with van der Waals surface area (Å²) in [5.74, 6) is -0.586. The molecule has 2 fully saturated rings. The third kappa shape index (κ3) is 4.38. The fourth-order valence-electron chi connectivity index (χ4n) is 3.89. The number of rotatable bonds is 7. The molecule has 9 heteroatoms. The van der Waals surface area contributed by atoms with Gasteiger partial charge in [0.1, 0.15) is 0 Å². The first-order chi connectivity index (χ1) is 13.5. The van der Waals surface area contributed by atoms with Crippen LogP contribution < -0.4 is 5.48 Å². The summed E-state index contributed by atoms with van der Waals surface area (Å²) in [7, 11) is -3.90. The second-order valence-electron chi connectivity index (χ2n) is 7.40. The van der Waals surface area contributed by atoms with Crippen molar-refractivity contribution >= 4 is 15.9 Å². The standard InChI is InChI=1S/C19H28N2O6S/c22-18(20-23)19(8-12-26-13-9-19)28(24,25)21-10-6-17(7-11-21)15-27-14-16-4-2-1-3-5-16/h1-5,17,23H,6-15H2,(H,20,22). The van der Waals surface area contributed by atoms with E-state index in [1.165, 1.54) is 4.31 Å². The van der Waals surface area contributed by atoms with E-state index in [0.29, 0.717) is 39.1 Å². The highest BCUT2D eigenvalue weighted by atomic mass is 32.2. The van der Waals surface area contributed by atoms with E-state index in [-0.39, 0.29) is 32.0 Å². The zero-order valence-corrected chi connectivity index (χ0v) is 16.7. The van der Waals surface area contributed by atoms with Crippen LogP contribution in [0.1, 0.15) is 31.2 Å². The highest BCUT2D eigenvalue weighted by molar-refractivity contribution is 7.91. The lowest BCUT2D eigenvalue weighted by Crippen LogP contribution is -2.60. The second-order valence-corrected chi connectivity index (χ2v) is 9.64. The van der Waals surface area contributed by atoms with Crippen molar-refractivity contribution in [3.05, 3.63) is 35.9 Å². The zero-order chi connectivity index (χ0) is 20.0. The molecule has 0 aromatic heterocycles. The van der Waals surface area contributed by atoms with Gasteiger partial charge < -0.3 is 9.47 Å². The molecule has 8 nitrogen and oxygen atoms in total. The SMILES string of the molecule is O=C(NO)C1(S(=O)(=O)N2CCC(COCc3ccccc3)CC2)CCOCC1. The number of hydrogen-bond donors (Lipinski definition) is 2. The number of ether oxygens (including phenoxy) is 2. The molecule has 2 saturated heterocycles. The van der Waals surface area contributed by atoms with E-state index in [4.69, 9.17) is 14.7 Å². The highest BCUT2D eigenvalue weighted by Gasteiger charge is 2.54. The first-order valence-corrected chi connectivity index (χ1v) is 11.1. The molecule has 0 radical (unpaired) electrons. The van der Waals surface area contributed by atoms with Crippen molar-refractivity contribution in [1.82, 2.24) is 9.79 Å². The number of amides is 1. The number of carbonyl (C=O) groups is 1. The lowest BCUT2D eigenvalue weighted by Gasteiger charge is -2.40. The van der Waals surface area contributed by atoms with E-state index in [2.05, 4.69) is 0 Å². The van der Waals surface area contributed by atoms with Crippen molar-refractivity contribution < 1.29 is 27.9 Å². The normalized spacial score (nSPS) is 21.3. The maximum Gasteiger partial charge on any atom is 0.266 e. The van der Waals surface area contributed by atoms with Crippen LogP contribution >= 0.6 is 0 Å². The molecule has 2 aliphatic heterocycles. The van der Waals surface area contributed by atoms with Crippen LogP contribution in [0.3, 0.4) is 0 Å². The number of nitrogens with zero attached hydrogens (tertiary/aromatic N) is 1. The monoisotopic (exact) mass is 412 g/mol. The van der Waals surface area contributed by atoms with Gasteiger partial charge in [-0.3, -0.25) is 10.0 Å². The van der Waals surface area contributed by atoms with Crippen LogP contribution in [-0.4, -0.2) is 61.5 Å². The molecule has 2 aliphatic rings. The minimum atomic E-state index is -3.90. The molecule has 2 N–H and O–H groups in total. The molecule has 0 saturated carbocycles. The van der Waals surface area contributed by atoms with Crippen LogP contribution in [0.15, 0.2) is 30.3 Å². The summed E-state index contributed by atoms with van der Waals surface area (Å²) in [6.45, 7) is 2.18. The Labute approximate surface area is 165 Å². The average molecular weight is 413 g/mol. The maximum atomic E-state index is 13.2. The fraction of sp³-hybridized carbons (Fsp3) is 0.632. The molecule has 2 heterocycles. The molecule has 1 aromatic rings. The molecule has 28 heavy (non-hydrogen) atoms. The predicted molar refractivity (Wildman–Crippen MR) is 102 cm³/mol. The van der Waals surface area contributed by atoms with Gasteiger partial charge >= 0.3 is 0 Å². The third-order valence-electron chi connectivity index (χ3n) is 5.69. The lowest BCUT2D eigenvalue weighted by atomic mass is 9.98. The van der Waals surface area contributed by atoms with Gasteiger partial charge in [0.2, 0.25) is 10.0 Å². The van der Waals surface area contributed by atoms with Gasteiger partial charge in [0.05, 0.1) is 6.61 Å². The number of carbonyl (C=O) groups excluding carboxylic acids is 1. The van der Waals surface area contributed by atoms with Crippen LogP contribution in [0.2, 0.25) is 0 Å². The molecule has 3 rings (SSSR count). The summed E-state index contributed by atoms with van der Waals surface area (Å²) < 4.78 is 37.2. The molecule has 156 valence electrons. The Morgan fingerprint density at radius 2 is 1.86 bits per heavy atom. The summed E-state index contributed by atoms with van der Waals surface area (Å²) in [6, 6.07) is 9.92. The quantitative estimate of drug-likeness (QED) is 0.517. The van der Waals surface area contributed by atoms with Gasteiger partial charge in [-0.2, -0.15) is 0 Å². The number of hydrogen-bond acceptors (Lipinski definition) is 6.